The number of carbonyl (C=O) groups is 2. The number of primary amides is 1. The smallest absolute Gasteiger partial charge is 0.240 e. The molecule has 1 aromatic rings. The van der Waals surface area contributed by atoms with Gasteiger partial charge < -0.3 is 11.1 Å². The summed E-state index contributed by atoms with van der Waals surface area (Å²) in [7, 11) is 0. The summed E-state index contributed by atoms with van der Waals surface area (Å²) in [6, 6.07) is 7.15. The van der Waals surface area contributed by atoms with Crippen LogP contribution in [-0.4, -0.2) is 17.9 Å². The fourth-order valence-electron chi connectivity index (χ4n) is 1.70. The Kier molecular flexibility index (Phi) is 6.27. The van der Waals surface area contributed by atoms with Crippen molar-refractivity contribution >= 4 is 34.4 Å². The van der Waals surface area contributed by atoms with Crippen LogP contribution in [0.4, 0.5) is 0 Å². The standard InChI is InChI=1S/C14H19IN2O2/c1-9(2)7-13(18)17-12(14(16)19)8-10-3-5-11(15)6-4-10/h3-6,9,12H,7-8H2,1-2H3,(H2,16,19)(H,17,18)/t12-/m1/s1. The van der Waals surface area contributed by atoms with Crippen LogP contribution in [0.2, 0.25) is 0 Å². The number of carbonyl (C=O) groups excluding carboxylic acids is 2. The summed E-state index contributed by atoms with van der Waals surface area (Å²) in [6.45, 7) is 3.91. The Morgan fingerprint density at radius 2 is 1.84 bits per heavy atom. The second-order valence-corrected chi connectivity index (χ2v) is 6.20. The highest BCUT2D eigenvalue weighted by Gasteiger charge is 2.18. The molecule has 0 saturated heterocycles. The van der Waals surface area contributed by atoms with Crippen molar-refractivity contribution in [1.82, 2.24) is 5.32 Å². The molecule has 0 aromatic heterocycles. The molecule has 3 N–H and O–H groups in total. The molecule has 0 bridgehead atoms. The van der Waals surface area contributed by atoms with Crippen molar-refractivity contribution in [2.75, 3.05) is 0 Å². The molecule has 0 fully saturated rings. The van der Waals surface area contributed by atoms with Gasteiger partial charge in [0.15, 0.2) is 0 Å². The maximum Gasteiger partial charge on any atom is 0.240 e. The van der Waals surface area contributed by atoms with Crippen LogP contribution in [-0.2, 0) is 16.0 Å². The van der Waals surface area contributed by atoms with E-state index in [1.807, 2.05) is 38.1 Å². The fourth-order valence-corrected chi connectivity index (χ4v) is 2.06. The van der Waals surface area contributed by atoms with Crippen LogP contribution in [0, 0.1) is 9.49 Å². The van der Waals surface area contributed by atoms with Crippen LogP contribution in [0.15, 0.2) is 24.3 Å². The molecule has 0 aliphatic heterocycles. The second kappa shape index (κ2) is 7.47. The van der Waals surface area contributed by atoms with E-state index in [9.17, 15) is 9.59 Å². The summed E-state index contributed by atoms with van der Waals surface area (Å²) in [6.07, 6.45) is 0.826. The number of benzene rings is 1. The topological polar surface area (TPSA) is 72.2 Å². The molecule has 2 amide bonds. The Hall–Kier alpha value is -1.11. The van der Waals surface area contributed by atoms with Crippen molar-refractivity contribution in [1.29, 1.82) is 0 Å². The van der Waals surface area contributed by atoms with Crippen molar-refractivity contribution in [3.05, 3.63) is 33.4 Å². The summed E-state index contributed by atoms with van der Waals surface area (Å²) in [5.41, 5.74) is 6.32. The minimum absolute atomic E-state index is 0.135. The summed E-state index contributed by atoms with van der Waals surface area (Å²) < 4.78 is 1.13. The molecule has 0 unspecified atom stereocenters. The van der Waals surface area contributed by atoms with Gasteiger partial charge in [-0.05, 0) is 46.2 Å². The molecule has 5 heteroatoms. The molecule has 0 spiro atoms. The highest BCUT2D eigenvalue weighted by molar-refractivity contribution is 14.1. The molecule has 1 aromatic carbocycles. The number of hydrogen-bond acceptors (Lipinski definition) is 2. The average Bonchev–Trinajstić information content (AvgIpc) is 2.29. The minimum Gasteiger partial charge on any atom is -0.368 e. The summed E-state index contributed by atoms with van der Waals surface area (Å²) in [5, 5.41) is 2.70. The third-order valence-electron chi connectivity index (χ3n) is 2.63. The van der Waals surface area contributed by atoms with E-state index in [1.165, 1.54) is 0 Å². The van der Waals surface area contributed by atoms with Gasteiger partial charge in [0.25, 0.3) is 0 Å². The molecule has 0 radical (unpaired) electrons. The Morgan fingerprint density at radius 3 is 2.32 bits per heavy atom. The number of nitrogens with one attached hydrogen (secondary N) is 1. The first kappa shape index (κ1) is 15.9. The van der Waals surface area contributed by atoms with E-state index in [0.29, 0.717) is 12.8 Å². The normalized spacial score (nSPS) is 12.2. The van der Waals surface area contributed by atoms with Gasteiger partial charge in [-0.1, -0.05) is 26.0 Å². The molecular weight excluding hydrogens is 355 g/mol. The summed E-state index contributed by atoms with van der Waals surface area (Å²) >= 11 is 2.22. The average molecular weight is 374 g/mol. The lowest BCUT2D eigenvalue weighted by atomic mass is 10.0. The SMILES string of the molecule is CC(C)CC(=O)N[C@H](Cc1ccc(I)cc1)C(N)=O. The molecular formula is C14H19IN2O2. The van der Waals surface area contributed by atoms with Crippen molar-refractivity contribution < 1.29 is 9.59 Å². The molecule has 4 nitrogen and oxygen atoms in total. The Morgan fingerprint density at radius 1 is 1.26 bits per heavy atom. The zero-order valence-electron chi connectivity index (χ0n) is 11.2. The number of amides is 2. The van der Waals surface area contributed by atoms with Gasteiger partial charge in [-0.25, -0.2) is 0 Å². The predicted molar refractivity (Wildman–Crippen MR) is 83.4 cm³/mol. The largest absolute Gasteiger partial charge is 0.368 e. The van der Waals surface area contributed by atoms with Crippen LogP contribution < -0.4 is 11.1 Å². The molecule has 0 saturated carbocycles. The maximum absolute atomic E-state index is 11.7. The lowest BCUT2D eigenvalue weighted by Gasteiger charge is -2.16. The van der Waals surface area contributed by atoms with Crippen LogP contribution in [0.5, 0.6) is 0 Å². The van der Waals surface area contributed by atoms with Gasteiger partial charge in [-0.2, -0.15) is 0 Å². The van der Waals surface area contributed by atoms with E-state index < -0.39 is 11.9 Å². The van der Waals surface area contributed by atoms with Gasteiger partial charge in [0.1, 0.15) is 6.04 Å². The van der Waals surface area contributed by atoms with E-state index in [0.717, 1.165) is 9.13 Å². The van der Waals surface area contributed by atoms with E-state index in [-0.39, 0.29) is 11.8 Å². The first-order valence-electron chi connectivity index (χ1n) is 6.21. The van der Waals surface area contributed by atoms with Gasteiger partial charge in [-0.3, -0.25) is 9.59 Å². The molecule has 1 rings (SSSR count). The Balaban J connectivity index is 2.65. The number of nitrogens with two attached hydrogens (primary N) is 1. The van der Waals surface area contributed by atoms with Gasteiger partial charge in [-0.15, -0.1) is 0 Å². The molecule has 1 atom stereocenters. The maximum atomic E-state index is 11.7. The van der Waals surface area contributed by atoms with Gasteiger partial charge in [0.05, 0.1) is 0 Å². The van der Waals surface area contributed by atoms with Gasteiger partial charge >= 0.3 is 0 Å². The van der Waals surface area contributed by atoms with Crippen molar-refractivity contribution in [2.24, 2.45) is 11.7 Å². The first-order chi connectivity index (χ1) is 8.88. The lowest BCUT2D eigenvalue weighted by Crippen LogP contribution is -2.46. The third kappa shape index (κ3) is 6.04. The van der Waals surface area contributed by atoms with Crippen molar-refractivity contribution in [2.45, 2.75) is 32.7 Å². The molecule has 19 heavy (non-hydrogen) atoms. The van der Waals surface area contributed by atoms with Gasteiger partial charge in [0, 0.05) is 16.4 Å². The monoisotopic (exact) mass is 374 g/mol. The summed E-state index contributed by atoms with van der Waals surface area (Å²) in [5.74, 6) is -0.383. The molecule has 104 valence electrons. The van der Waals surface area contributed by atoms with Crippen molar-refractivity contribution in [3.8, 4) is 0 Å². The van der Waals surface area contributed by atoms with E-state index in [2.05, 4.69) is 27.9 Å². The van der Waals surface area contributed by atoms with Crippen LogP contribution in [0.3, 0.4) is 0 Å². The molecule has 0 heterocycles. The van der Waals surface area contributed by atoms with Crippen LogP contribution in [0.1, 0.15) is 25.8 Å². The fraction of sp³-hybridized carbons (Fsp3) is 0.429. The van der Waals surface area contributed by atoms with Gasteiger partial charge in [0.2, 0.25) is 11.8 Å². The minimum atomic E-state index is -0.647. The van der Waals surface area contributed by atoms with Crippen LogP contribution in [0.25, 0.3) is 0 Å². The van der Waals surface area contributed by atoms with E-state index in [1.54, 1.807) is 0 Å². The predicted octanol–water partition coefficient (Wildman–Crippen LogP) is 1.85. The highest BCUT2D eigenvalue weighted by Crippen LogP contribution is 2.09. The quantitative estimate of drug-likeness (QED) is 0.746. The zero-order chi connectivity index (χ0) is 14.4. The third-order valence-corrected chi connectivity index (χ3v) is 3.34. The van der Waals surface area contributed by atoms with E-state index in [4.69, 9.17) is 5.73 Å². The van der Waals surface area contributed by atoms with E-state index >= 15 is 0 Å². The first-order valence-corrected chi connectivity index (χ1v) is 7.29. The second-order valence-electron chi connectivity index (χ2n) is 4.95. The lowest BCUT2D eigenvalue weighted by molar-refractivity contribution is -0.127. The zero-order valence-corrected chi connectivity index (χ0v) is 13.3. The number of rotatable bonds is 6. The summed E-state index contributed by atoms with van der Waals surface area (Å²) in [4.78, 5) is 23.1. The number of hydrogen-bond donors (Lipinski definition) is 2. The Labute approximate surface area is 127 Å². The Bertz CT molecular complexity index is 443. The highest BCUT2D eigenvalue weighted by atomic mass is 127. The molecule has 0 aliphatic carbocycles. The number of halogens is 1. The van der Waals surface area contributed by atoms with Crippen LogP contribution >= 0.6 is 22.6 Å². The van der Waals surface area contributed by atoms with Crippen molar-refractivity contribution in [3.63, 3.8) is 0 Å². The molecule has 0 aliphatic rings.